The van der Waals surface area contributed by atoms with Crippen molar-refractivity contribution in [1.82, 2.24) is 15.0 Å². The smallest absolute Gasteiger partial charge is 0.217 e. The highest BCUT2D eigenvalue weighted by Gasteiger charge is 2.09. The minimum atomic E-state index is -0.195. The average molecular weight is 229 g/mol. The molecule has 0 spiro atoms. The van der Waals surface area contributed by atoms with Crippen molar-refractivity contribution in [3.63, 3.8) is 0 Å². The Morgan fingerprint density at radius 1 is 1.35 bits per heavy atom. The van der Waals surface area contributed by atoms with Gasteiger partial charge in [-0.15, -0.1) is 5.10 Å². The minimum Gasteiger partial charge on any atom is -0.291 e. The molecule has 0 aliphatic rings. The summed E-state index contributed by atoms with van der Waals surface area (Å²) in [5.74, 6) is -0.00900. The van der Waals surface area contributed by atoms with Gasteiger partial charge >= 0.3 is 0 Å². The standard InChI is InChI=1S/C11H11N5O/c1-9(17)11(16-8-7-12-15-16)14-13-10-5-3-2-4-6-10/h2-8,13H,1H3/b14-11-. The number of carbonyl (C=O) groups excluding carboxylic acids is 1. The lowest BCUT2D eigenvalue weighted by Crippen LogP contribution is -2.22. The lowest BCUT2D eigenvalue weighted by Gasteiger charge is -2.03. The van der Waals surface area contributed by atoms with Crippen LogP contribution in [0.2, 0.25) is 0 Å². The van der Waals surface area contributed by atoms with E-state index in [1.807, 2.05) is 30.3 Å². The van der Waals surface area contributed by atoms with Gasteiger partial charge in [-0.3, -0.25) is 10.2 Å². The maximum atomic E-state index is 11.4. The molecule has 1 N–H and O–H groups in total. The number of Topliss-reactive ketones (excluding diaryl/α,β-unsaturated/α-hetero) is 1. The van der Waals surface area contributed by atoms with E-state index in [1.165, 1.54) is 17.8 Å². The summed E-state index contributed by atoms with van der Waals surface area (Å²) < 4.78 is 1.32. The maximum Gasteiger partial charge on any atom is 0.217 e. The van der Waals surface area contributed by atoms with Crippen LogP contribution in [0, 0.1) is 0 Å². The fourth-order valence-electron chi connectivity index (χ4n) is 1.24. The van der Waals surface area contributed by atoms with Crippen molar-refractivity contribution < 1.29 is 4.79 Å². The Bertz CT molecular complexity index is 518. The zero-order valence-electron chi connectivity index (χ0n) is 9.24. The molecule has 2 aromatic rings. The molecule has 0 bridgehead atoms. The number of ketones is 1. The van der Waals surface area contributed by atoms with E-state index in [-0.39, 0.29) is 11.6 Å². The maximum absolute atomic E-state index is 11.4. The van der Waals surface area contributed by atoms with Crippen molar-refractivity contribution in [3.05, 3.63) is 42.7 Å². The third-order valence-corrected chi connectivity index (χ3v) is 2.02. The number of hydrogen-bond acceptors (Lipinski definition) is 5. The molecule has 1 heterocycles. The molecule has 0 saturated heterocycles. The summed E-state index contributed by atoms with van der Waals surface area (Å²) in [6, 6.07) is 9.35. The van der Waals surface area contributed by atoms with Crippen LogP contribution in [0.1, 0.15) is 6.92 Å². The van der Waals surface area contributed by atoms with Gasteiger partial charge in [-0.05, 0) is 12.1 Å². The summed E-state index contributed by atoms with van der Waals surface area (Å²) in [4.78, 5) is 11.4. The molecule has 6 heteroatoms. The van der Waals surface area contributed by atoms with Gasteiger partial charge in [0.2, 0.25) is 5.84 Å². The lowest BCUT2D eigenvalue weighted by molar-refractivity contribution is -0.111. The van der Waals surface area contributed by atoms with Crippen molar-refractivity contribution in [2.24, 2.45) is 5.10 Å². The highest BCUT2D eigenvalue weighted by Crippen LogP contribution is 2.04. The largest absolute Gasteiger partial charge is 0.291 e. The molecule has 2 rings (SSSR count). The predicted octanol–water partition coefficient (Wildman–Crippen LogP) is 1.14. The van der Waals surface area contributed by atoms with E-state index in [0.29, 0.717) is 0 Å². The van der Waals surface area contributed by atoms with E-state index in [4.69, 9.17) is 0 Å². The second kappa shape index (κ2) is 5.02. The molecule has 6 nitrogen and oxygen atoms in total. The van der Waals surface area contributed by atoms with Crippen LogP contribution in [-0.4, -0.2) is 26.6 Å². The van der Waals surface area contributed by atoms with Crippen molar-refractivity contribution in [3.8, 4) is 0 Å². The Morgan fingerprint density at radius 3 is 2.71 bits per heavy atom. The van der Waals surface area contributed by atoms with E-state index in [9.17, 15) is 4.79 Å². The summed E-state index contributed by atoms with van der Waals surface area (Å²) in [5.41, 5.74) is 3.59. The number of hydrazone groups is 1. The van der Waals surface area contributed by atoms with Crippen LogP contribution in [0.15, 0.2) is 47.8 Å². The molecule has 17 heavy (non-hydrogen) atoms. The molecule has 86 valence electrons. The van der Waals surface area contributed by atoms with Gasteiger partial charge in [0.05, 0.1) is 18.1 Å². The van der Waals surface area contributed by atoms with Crippen molar-refractivity contribution >= 4 is 17.3 Å². The number of aromatic nitrogens is 3. The first-order chi connectivity index (χ1) is 8.27. The highest BCUT2D eigenvalue weighted by molar-refractivity contribution is 6.38. The van der Waals surface area contributed by atoms with E-state index < -0.39 is 0 Å². The van der Waals surface area contributed by atoms with E-state index in [2.05, 4.69) is 20.8 Å². The molecule has 0 aliphatic heterocycles. The van der Waals surface area contributed by atoms with Gasteiger partial charge in [0.15, 0.2) is 5.78 Å². The van der Waals surface area contributed by atoms with Crippen LogP contribution >= 0.6 is 0 Å². The van der Waals surface area contributed by atoms with Gasteiger partial charge in [-0.2, -0.15) is 9.78 Å². The van der Waals surface area contributed by atoms with Gasteiger partial charge < -0.3 is 0 Å². The third kappa shape index (κ3) is 2.75. The number of benzene rings is 1. The molecule has 1 aromatic carbocycles. The Kier molecular flexibility index (Phi) is 3.25. The van der Waals surface area contributed by atoms with Gasteiger partial charge in [0, 0.05) is 6.92 Å². The number of nitrogens with zero attached hydrogens (tertiary/aromatic N) is 4. The topological polar surface area (TPSA) is 72.2 Å². The molecular weight excluding hydrogens is 218 g/mol. The normalized spacial score (nSPS) is 11.2. The van der Waals surface area contributed by atoms with Crippen LogP contribution in [0.25, 0.3) is 0 Å². The molecule has 0 fully saturated rings. The number of hydrogen-bond donors (Lipinski definition) is 1. The van der Waals surface area contributed by atoms with E-state index >= 15 is 0 Å². The summed E-state index contributed by atoms with van der Waals surface area (Å²) >= 11 is 0. The van der Waals surface area contributed by atoms with Gasteiger partial charge in [-0.25, -0.2) is 0 Å². The number of para-hydroxylation sites is 1. The molecule has 0 saturated carbocycles. The molecular formula is C11H11N5O. The second-order valence-electron chi connectivity index (χ2n) is 3.32. The monoisotopic (exact) mass is 229 g/mol. The average Bonchev–Trinajstić information content (AvgIpc) is 2.84. The van der Waals surface area contributed by atoms with Crippen LogP contribution in [0.4, 0.5) is 5.69 Å². The molecule has 0 aliphatic carbocycles. The first kappa shape index (κ1) is 11.0. The first-order valence-corrected chi connectivity index (χ1v) is 5.04. The number of rotatable bonds is 3. The minimum absolute atomic E-state index is 0.186. The molecule has 0 atom stereocenters. The zero-order chi connectivity index (χ0) is 12.1. The van der Waals surface area contributed by atoms with Crippen molar-refractivity contribution in [2.45, 2.75) is 6.92 Å². The van der Waals surface area contributed by atoms with Gasteiger partial charge in [0.1, 0.15) is 0 Å². The van der Waals surface area contributed by atoms with Crippen molar-refractivity contribution in [1.29, 1.82) is 0 Å². The predicted molar refractivity (Wildman–Crippen MR) is 63.6 cm³/mol. The summed E-state index contributed by atoms with van der Waals surface area (Å²) in [6.45, 7) is 1.42. The Balaban J connectivity index is 2.21. The fraction of sp³-hybridized carbons (Fsp3) is 0.0909. The zero-order valence-corrected chi connectivity index (χ0v) is 9.24. The fourth-order valence-corrected chi connectivity index (χ4v) is 1.24. The molecule has 0 unspecified atom stereocenters. The Hall–Kier alpha value is -2.50. The van der Waals surface area contributed by atoms with Crippen LogP contribution in [0.5, 0.6) is 0 Å². The summed E-state index contributed by atoms with van der Waals surface area (Å²) in [7, 11) is 0. The van der Waals surface area contributed by atoms with Crippen LogP contribution < -0.4 is 5.43 Å². The summed E-state index contributed by atoms with van der Waals surface area (Å²) in [6.07, 6.45) is 3.05. The quantitative estimate of drug-likeness (QED) is 0.486. The number of anilines is 1. The third-order valence-electron chi connectivity index (χ3n) is 2.02. The Morgan fingerprint density at radius 2 is 2.12 bits per heavy atom. The van der Waals surface area contributed by atoms with E-state index in [1.54, 1.807) is 6.20 Å². The molecule has 0 radical (unpaired) electrons. The molecule has 1 aromatic heterocycles. The van der Waals surface area contributed by atoms with Gasteiger partial charge in [-0.1, -0.05) is 23.4 Å². The van der Waals surface area contributed by atoms with Gasteiger partial charge in [0.25, 0.3) is 0 Å². The summed E-state index contributed by atoms with van der Waals surface area (Å²) in [5, 5.41) is 11.4. The van der Waals surface area contributed by atoms with Crippen LogP contribution in [-0.2, 0) is 4.79 Å². The highest BCUT2D eigenvalue weighted by atomic mass is 16.1. The number of carbonyl (C=O) groups is 1. The Labute approximate surface area is 98.0 Å². The van der Waals surface area contributed by atoms with E-state index in [0.717, 1.165) is 5.69 Å². The number of nitrogens with one attached hydrogen (secondary N) is 1. The SMILES string of the molecule is CC(=O)/C(=N/Nc1ccccc1)n1ccnn1. The molecule has 0 amide bonds. The lowest BCUT2D eigenvalue weighted by atomic mass is 10.3. The van der Waals surface area contributed by atoms with Crippen molar-refractivity contribution in [2.75, 3.05) is 5.43 Å². The first-order valence-electron chi connectivity index (χ1n) is 5.04. The second-order valence-corrected chi connectivity index (χ2v) is 3.32. The van der Waals surface area contributed by atoms with Crippen LogP contribution in [0.3, 0.4) is 0 Å².